The van der Waals surface area contributed by atoms with Crippen molar-refractivity contribution >= 4 is 12.3 Å². The number of ether oxygens (including phenoxy) is 1. The molecule has 1 aromatic rings. The van der Waals surface area contributed by atoms with Crippen LogP contribution in [0, 0.1) is 19.3 Å². The molecular formula is C17H22N2O2. The van der Waals surface area contributed by atoms with E-state index in [1.165, 1.54) is 6.34 Å². The number of nitrogens with one attached hydrogen (secondary N) is 1. The summed E-state index contributed by atoms with van der Waals surface area (Å²) in [5, 5.41) is 7.48. The lowest BCUT2D eigenvalue weighted by atomic mass is 10.00. The van der Waals surface area contributed by atoms with Gasteiger partial charge in [0.25, 0.3) is 0 Å². The summed E-state index contributed by atoms with van der Waals surface area (Å²) in [7, 11) is 0. The van der Waals surface area contributed by atoms with Gasteiger partial charge in [0.15, 0.2) is 0 Å². The van der Waals surface area contributed by atoms with Crippen LogP contribution >= 0.6 is 0 Å². The molecule has 4 heteroatoms. The Morgan fingerprint density at radius 2 is 1.76 bits per heavy atom. The Balaban J connectivity index is 1.67. The first-order chi connectivity index (χ1) is 10.1. The number of aryl methyl sites for hydroxylation is 2. The van der Waals surface area contributed by atoms with Crippen molar-refractivity contribution in [3.63, 3.8) is 0 Å². The summed E-state index contributed by atoms with van der Waals surface area (Å²) in [6.45, 7) is 3.99. The lowest BCUT2D eigenvalue weighted by molar-refractivity contribution is 0.00706. The molecule has 3 rings (SSSR count). The largest absolute Gasteiger partial charge is 0.459 e. The van der Waals surface area contributed by atoms with Gasteiger partial charge in [0.1, 0.15) is 6.10 Å². The Bertz CT molecular complexity index is 536. The first-order valence-electron chi connectivity index (χ1n) is 7.64. The molecule has 2 atom stereocenters. The van der Waals surface area contributed by atoms with Crippen molar-refractivity contribution in [1.82, 2.24) is 4.90 Å². The average Bonchev–Trinajstić information content (AvgIpc) is 2.67. The van der Waals surface area contributed by atoms with Gasteiger partial charge in [-0.2, -0.15) is 0 Å². The van der Waals surface area contributed by atoms with Crippen molar-refractivity contribution in [1.29, 1.82) is 5.41 Å². The topological polar surface area (TPSA) is 53.4 Å². The maximum atomic E-state index is 12.3. The number of fused-ring (bicyclic) bond motifs is 2. The van der Waals surface area contributed by atoms with Gasteiger partial charge in [-0.3, -0.25) is 5.41 Å². The number of esters is 1. The normalized spacial score (nSPS) is 27.5. The van der Waals surface area contributed by atoms with E-state index < -0.39 is 0 Å². The van der Waals surface area contributed by atoms with Crippen LogP contribution in [0.4, 0.5) is 0 Å². The number of nitrogens with zero attached hydrogens (tertiary/aromatic N) is 1. The van der Waals surface area contributed by atoms with Gasteiger partial charge in [0, 0.05) is 24.9 Å². The molecule has 0 amide bonds. The van der Waals surface area contributed by atoms with Gasteiger partial charge >= 0.3 is 5.97 Å². The van der Waals surface area contributed by atoms with Crippen LogP contribution in [0.2, 0.25) is 0 Å². The molecule has 112 valence electrons. The minimum Gasteiger partial charge on any atom is -0.459 e. The van der Waals surface area contributed by atoms with E-state index in [1.54, 1.807) is 0 Å². The SMILES string of the molecule is Cc1cc(C)cc(C(=O)OC2CC3CCC(C2)N3C=N)c1. The van der Waals surface area contributed by atoms with Gasteiger partial charge < -0.3 is 9.64 Å². The fourth-order valence-electron chi connectivity index (χ4n) is 3.78. The molecule has 2 saturated heterocycles. The molecule has 0 aliphatic carbocycles. The highest BCUT2D eigenvalue weighted by Gasteiger charge is 2.40. The Morgan fingerprint density at radius 1 is 1.19 bits per heavy atom. The van der Waals surface area contributed by atoms with Crippen molar-refractivity contribution < 1.29 is 9.53 Å². The molecule has 2 aliphatic heterocycles. The van der Waals surface area contributed by atoms with E-state index in [-0.39, 0.29) is 12.1 Å². The molecule has 4 nitrogen and oxygen atoms in total. The monoisotopic (exact) mass is 286 g/mol. The summed E-state index contributed by atoms with van der Waals surface area (Å²) in [4.78, 5) is 14.4. The molecule has 2 bridgehead atoms. The summed E-state index contributed by atoms with van der Waals surface area (Å²) < 4.78 is 5.72. The predicted molar refractivity (Wildman–Crippen MR) is 81.8 cm³/mol. The second-order valence-corrected chi connectivity index (χ2v) is 6.34. The molecule has 0 aromatic heterocycles. The van der Waals surface area contributed by atoms with Crippen LogP contribution in [0.25, 0.3) is 0 Å². The van der Waals surface area contributed by atoms with E-state index >= 15 is 0 Å². The van der Waals surface area contributed by atoms with Gasteiger partial charge in [-0.05, 0) is 38.8 Å². The quantitative estimate of drug-likeness (QED) is 0.528. The first-order valence-corrected chi connectivity index (χ1v) is 7.64. The minimum absolute atomic E-state index is 0.00739. The highest BCUT2D eigenvalue weighted by atomic mass is 16.5. The smallest absolute Gasteiger partial charge is 0.338 e. The minimum atomic E-state index is -0.213. The van der Waals surface area contributed by atoms with Crippen LogP contribution in [-0.4, -0.2) is 35.4 Å². The number of hydrogen-bond acceptors (Lipinski definition) is 3. The van der Waals surface area contributed by atoms with E-state index in [9.17, 15) is 4.79 Å². The molecule has 0 radical (unpaired) electrons. The third-order valence-corrected chi connectivity index (χ3v) is 4.63. The zero-order valence-electron chi connectivity index (χ0n) is 12.6. The van der Waals surface area contributed by atoms with Gasteiger partial charge in [-0.25, -0.2) is 4.79 Å². The Kier molecular flexibility index (Phi) is 3.70. The molecule has 0 spiro atoms. The van der Waals surface area contributed by atoms with E-state index in [4.69, 9.17) is 10.1 Å². The zero-order chi connectivity index (χ0) is 15.0. The third kappa shape index (κ3) is 2.80. The van der Waals surface area contributed by atoms with Crippen LogP contribution in [0.5, 0.6) is 0 Å². The van der Waals surface area contributed by atoms with Crippen molar-refractivity contribution in [2.75, 3.05) is 0 Å². The number of hydrogen-bond donors (Lipinski definition) is 1. The number of carbonyl (C=O) groups excluding carboxylic acids is 1. The standard InChI is InChI=1S/C17H22N2O2/c1-11-5-12(2)7-13(6-11)17(20)21-16-8-14-3-4-15(9-16)19(14)10-18/h5-7,10,14-16,18H,3-4,8-9H2,1-2H3. The highest BCUT2D eigenvalue weighted by molar-refractivity contribution is 5.90. The van der Waals surface area contributed by atoms with Crippen LogP contribution < -0.4 is 0 Å². The predicted octanol–water partition coefficient (Wildman–Crippen LogP) is 3.06. The van der Waals surface area contributed by atoms with E-state index in [0.717, 1.165) is 36.8 Å². The number of carbonyl (C=O) groups is 1. The summed E-state index contributed by atoms with van der Waals surface area (Å²) in [5.41, 5.74) is 2.82. The van der Waals surface area contributed by atoms with E-state index in [0.29, 0.717) is 17.6 Å². The van der Waals surface area contributed by atoms with E-state index in [2.05, 4.69) is 11.0 Å². The first kappa shape index (κ1) is 14.1. The van der Waals surface area contributed by atoms with Crippen molar-refractivity contribution in [3.05, 3.63) is 34.9 Å². The molecule has 2 aliphatic rings. The molecule has 1 aromatic carbocycles. The van der Waals surface area contributed by atoms with Crippen molar-refractivity contribution in [2.45, 2.75) is 57.7 Å². The molecule has 21 heavy (non-hydrogen) atoms. The van der Waals surface area contributed by atoms with E-state index in [1.807, 2.05) is 26.0 Å². The van der Waals surface area contributed by atoms with Crippen LogP contribution in [0.3, 0.4) is 0 Å². The van der Waals surface area contributed by atoms with Crippen molar-refractivity contribution in [2.24, 2.45) is 0 Å². The molecular weight excluding hydrogens is 264 g/mol. The summed E-state index contributed by atoms with van der Waals surface area (Å²) in [6, 6.07) is 6.57. The van der Waals surface area contributed by atoms with Gasteiger partial charge in [-0.1, -0.05) is 17.2 Å². The molecule has 2 heterocycles. The molecule has 0 saturated carbocycles. The highest BCUT2D eigenvalue weighted by Crippen LogP contribution is 2.36. The van der Waals surface area contributed by atoms with Crippen LogP contribution in [-0.2, 0) is 4.74 Å². The Morgan fingerprint density at radius 3 is 2.29 bits per heavy atom. The fraction of sp³-hybridized carbons (Fsp3) is 0.529. The number of benzene rings is 1. The number of piperidine rings is 1. The molecule has 2 fully saturated rings. The van der Waals surface area contributed by atoms with Crippen LogP contribution in [0.1, 0.15) is 47.2 Å². The van der Waals surface area contributed by atoms with Crippen LogP contribution in [0.15, 0.2) is 18.2 Å². The van der Waals surface area contributed by atoms with Gasteiger partial charge in [0.2, 0.25) is 0 Å². The average molecular weight is 286 g/mol. The fourth-order valence-corrected chi connectivity index (χ4v) is 3.78. The lowest BCUT2D eigenvalue weighted by Gasteiger charge is -2.37. The van der Waals surface area contributed by atoms with Crippen molar-refractivity contribution in [3.8, 4) is 0 Å². The Hall–Kier alpha value is -1.84. The summed E-state index contributed by atoms with van der Waals surface area (Å²) in [5.74, 6) is -0.213. The third-order valence-electron chi connectivity index (χ3n) is 4.63. The summed E-state index contributed by atoms with van der Waals surface area (Å²) >= 11 is 0. The lowest BCUT2D eigenvalue weighted by Crippen LogP contribution is -2.44. The maximum Gasteiger partial charge on any atom is 0.338 e. The number of rotatable bonds is 3. The van der Waals surface area contributed by atoms with Gasteiger partial charge in [0.05, 0.1) is 11.9 Å². The Labute approximate surface area is 125 Å². The second-order valence-electron chi connectivity index (χ2n) is 6.34. The molecule has 1 N–H and O–H groups in total. The second kappa shape index (κ2) is 5.51. The van der Waals surface area contributed by atoms with Gasteiger partial charge in [-0.15, -0.1) is 0 Å². The zero-order valence-corrected chi connectivity index (χ0v) is 12.6. The maximum absolute atomic E-state index is 12.3. The molecule has 2 unspecified atom stereocenters. The summed E-state index contributed by atoms with van der Waals surface area (Å²) in [6.07, 6.45) is 5.36.